The van der Waals surface area contributed by atoms with Gasteiger partial charge in [0.1, 0.15) is 5.69 Å². The second kappa shape index (κ2) is 4.05. The second-order valence-corrected chi connectivity index (χ2v) is 3.29. The highest BCUT2D eigenvalue weighted by Crippen LogP contribution is 2.23. The van der Waals surface area contributed by atoms with Gasteiger partial charge in [-0.05, 0) is 12.1 Å². The zero-order valence-electron chi connectivity index (χ0n) is 8.61. The zero-order valence-corrected chi connectivity index (χ0v) is 8.61. The normalized spacial score (nSPS) is 10.1. The molecule has 0 aliphatic heterocycles. The number of hydrogen-bond acceptors (Lipinski definition) is 4. The van der Waals surface area contributed by atoms with Crippen molar-refractivity contribution < 1.29 is 9.72 Å². The molecule has 1 aromatic carbocycles. The van der Waals surface area contributed by atoms with Crippen molar-refractivity contribution >= 4 is 11.6 Å². The third kappa shape index (κ3) is 1.98. The number of nitro benzene ring substituents is 1. The Morgan fingerprint density at radius 2 is 2.24 bits per heavy atom. The molecule has 0 aliphatic rings. The maximum absolute atomic E-state index is 11.0. The van der Waals surface area contributed by atoms with Crippen LogP contribution in [0.15, 0.2) is 36.9 Å². The Morgan fingerprint density at radius 1 is 1.47 bits per heavy atom. The van der Waals surface area contributed by atoms with Crippen LogP contribution in [0.25, 0.3) is 5.69 Å². The van der Waals surface area contributed by atoms with Crippen LogP contribution in [-0.2, 0) is 0 Å². The largest absolute Gasteiger partial charge is 0.366 e. The van der Waals surface area contributed by atoms with Crippen LogP contribution in [0, 0.1) is 10.1 Å². The topological polar surface area (TPSA) is 104 Å². The second-order valence-electron chi connectivity index (χ2n) is 3.29. The highest BCUT2D eigenvalue weighted by Gasteiger charge is 2.16. The third-order valence-corrected chi connectivity index (χ3v) is 2.24. The van der Waals surface area contributed by atoms with Gasteiger partial charge in [0.05, 0.1) is 11.3 Å². The van der Waals surface area contributed by atoms with Crippen molar-refractivity contribution in [2.75, 3.05) is 0 Å². The molecule has 0 radical (unpaired) electrons. The van der Waals surface area contributed by atoms with Crippen LogP contribution in [0.2, 0.25) is 0 Å². The van der Waals surface area contributed by atoms with E-state index in [0.717, 1.165) is 0 Å². The van der Waals surface area contributed by atoms with Gasteiger partial charge in [-0.3, -0.25) is 14.9 Å². The average Bonchev–Trinajstić information content (AvgIpc) is 2.81. The number of nitrogens with zero attached hydrogens (tertiary/aromatic N) is 3. The van der Waals surface area contributed by atoms with E-state index in [9.17, 15) is 14.9 Å². The molecule has 2 rings (SSSR count). The van der Waals surface area contributed by atoms with Gasteiger partial charge >= 0.3 is 0 Å². The van der Waals surface area contributed by atoms with E-state index in [0.29, 0.717) is 0 Å². The summed E-state index contributed by atoms with van der Waals surface area (Å²) in [5, 5.41) is 10.9. The number of amides is 1. The van der Waals surface area contributed by atoms with Crippen molar-refractivity contribution in [2.45, 2.75) is 0 Å². The molecule has 1 amide bonds. The summed E-state index contributed by atoms with van der Waals surface area (Å²) in [7, 11) is 0. The molecule has 1 heterocycles. The minimum absolute atomic E-state index is 0.118. The molecule has 0 aliphatic carbocycles. The fourth-order valence-corrected chi connectivity index (χ4v) is 1.44. The number of primary amides is 1. The minimum Gasteiger partial charge on any atom is -0.366 e. The van der Waals surface area contributed by atoms with Crippen LogP contribution in [0.5, 0.6) is 0 Å². The van der Waals surface area contributed by atoms with Crippen molar-refractivity contribution in [2.24, 2.45) is 5.73 Å². The number of carbonyl (C=O) groups is 1. The van der Waals surface area contributed by atoms with E-state index >= 15 is 0 Å². The summed E-state index contributed by atoms with van der Waals surface area (Å²) in [6, 6.07) is 3.93. The van der Waals surface area contributed by atoms with Crippen molar-refractivity contribution in [1.82, 2.24) is 9.55 Å². The number of rotatable bonds is 3. The van der Waals surface area contributed by atoms with Gasteiger partial charge in [-0.1, -0.05) is 0 Å². The van der Waals surface area contributed by atoms with Crippen LogP contribution >= 0.6 is 0 Å². The van der Waals surface area contributed by atoms with E-state index < -0.39 is 10.8 Å². The summed E-state index contributed by atoms with van der Waals surface area (Å²) >= 11 is 0. The predicted octanol–water partition coefficient (Wildman–Crippen LogP) is 0.879. The quantitative estimate of drug-likeness (QED) is 0.626. The highest BCUT2D eigenvalue weighted by atomic mass is 16.6. The fourth-order valence-electron chi connectivity index (χ4n) is 1.44. The molecule has 0 spiro atoms. The van der Waals surface area contributed by atoms with E-state index in [1.807, 2.05) is 0 Å². The Kier molecular flexibility index (Phi) is 2.57. The Bertz CT molecular complexity index is 577. The lowest BCUT2D eigenvalue weighted by molar-refractivity contribution is -0.384. The maximum Gasteiger partial charge on any atom is 0.293 e. The molecule has 1 aromatic heterocycles. The summed E-state index contributed by atoms with van der Waals surface area (Å²) in [6.45, 7) is 0. The number of nitro groups is 1. The lowest BCUT2D eigenvalue weighted by atomic mass is 10.1. The lowest BCUT2D eigenvalue weighted by Gasteiger charge is -2.04. The molecule has 0 saturated heterocycles. The Labute approximate surface area is 95.6 Å². The first kappa shape index (κ1) is 10.8. The van der Waals surface area contributed by atoms with E-state index in [2.05, 4.69) is 4.98 Å². The van der Waals surface area contributed by atoms with Gasteiger partial charge in [-0.25, -0.2) is 4.98 Å². The smallest absolute Gasteiger partial charge is 0.293 e. The molecule has 17 heavy (non-hydrogen) atoms. The van der Waals surface area contributed by atoms with Crippen molar-refractivity contribution in [1.29, 1.82) is 0 Å². The molecular weight excluding hydrogens is 224 g/mol. The standard InChI is InChI=1S/C10H8N4O3/c11-10(15)7-1-2-8(14(16)17)9(5-7)13-4-3-12-6-13/h1-6H,(H2,11,15). The Hall–Kier alpha value is -2.70. The van der Waals surface area contributed by atoms with Gasteiger partial charge < -0.3 is 10.3 Å². The first-order valence-corrected chi connectivity index (χ1v) is 4.66. The average molecular weight is 232 g/mol. The summed E-state index contributed by atoms with van der Waals surface area (Å²) in [4.78, 5) is 25.2. The minimum atomic E-state index is -0.638. The van der Waals surface area contributed by atoms with E-state index in [-0.39, 0.29) is 16.9 Å². The van der Waals surface area contributed by atoms with Gasteiger partial charge in [0.2, 0.25) is 5.91 Å². The third-order valence-electron chi connectivity index (χ3n) is 2.24. The highest BCUT2D eigenvalue weighted by molar-refractivity contribution is 5.93. The van der Waals surface area contributed by atoms with Crippen molar-refractivity contribution in [3.8, 4) is 5.69 Å². The molecule has 86 valence electrons. The molecule has 7 nitrogen and oxygen atoms in total. The van der Waals surface area contributed by atoms with Crippen LogP contribution in [0.3, 0.4) is 0 Å². The Balaban J connectivity index is 2.64. The fraction of sp³-hybridized carbons (Fsp3) is 0. The maximum atomic E-state index is 11.0. The first-order chi connectivity index (χ1) is 8.09. The van der Waals surface area contributed by atoms with E-state index in [4.69, 9.17) is 5.73 Å². The van der Waals surface area contributed by atoms with Gasteiger partial charge in [0.25, 0.3) is 5.69 Å². The summed E-state index contributed by atoms with van der Waals surface area (Å²) < 4.78 is 1.45. The zero-order chi connectivity index (χ0) is 12.4. The van der Waals surface area contributed by atoms with E-state index in [1.165, 1.54) is 35.3 Å². The predicted molar refractivity (Wildman–Crippen MR) is 58.7 cm³/mol. The van der Waals surface area contributed by atoms with Crippen LogP contribution < -0.4 is 5.73 Å². The lowest BCUT2D eigenvalue weighted by Crippen LogP contribution is -2.12. The Morgan fingerprint density at radius 3 is 2.76 bits per heavy atom. The number of aromatic nitrogens is 2. The van der Waals surface area contributed by atoms with Gasteiger partial charge in [0.15, 0.2) is 0 Å². The molecule has 0 fully saturated rings. The molecule has 0 bridgehead atoms. The molecule has 0 saturated carbocycles. The molecular formula is C10H8N4O3. The van der Waals surface area contributed by atoms with Gasteiger partial charge in [-0.2, -0.15) is 0 Å². The first-order valence-electron chi connectivity index (χ1n) is 4.66. The van der Waals surface area contributed by atoms with E-state index in [1.54, 1.807) is 6.20 Å². The number of hydrogen-bond donors (Lipinski definition) is 1. The summed E-state index contributed by atoms with van der Waals surface area (Å²) in [5.41, 5.74) is 5.47. The molecule has 7 heteroatoms. The van der Waals surface area contributed by atoms with Gasteiger partial charge in [0, 0.05) is 24.0 Å². The van der Waals surface area contributed by atoms with Crippen LogP contribution in [-0.4, -0.2) is 20.4 Å². The monoisotopic (exact) mass is 232 g/mol. The van der Waals surface area contributed by atoms with Crippen LogP contribution in [0.4, 0.5) is 5.69 Å². The number of benzene rings is 1. The molecule has 2 aromatic rings. The van der Waals surface area contributed by atoms with Gasteiger partial charge in [-0.15, -0.1) is 0 Å². The SMILES string of the molecule is NC(=O)c1ccc([N+](=O)[O-])c(-n2ccnc2)c1. The molecule has 0 atom stereocenters. The van der Waals surface area contributed by atoms with Crippen molar-refractivity contribution in [3.63, 3.8) is 0 Å². The summed E-state index contributed by atoms with van der Waals surface area (Å²) in [6.07, 6.45) is 4.45. The number of nitrogens with two attached hydrogens (primary N) is 1. The molecule has 2 N–H and O–H groups in total. The number of imidazole rings is 1. The number of carbonyl (C=O) groups excluding carboxylic acids is 1. The summed E-state index contributed by atoms with van der Waals surface area (Å²) in [5.74, 6) is -0.638. The van der Waals surface area contributed by atoms with Crippen molar-refractivity contribution in [3.05, 3.63) is 52.6 Å². The van der Waals surface area contributed by atoms with Crippen LogP contribution in [0.1, 0.15) is 10.4 Å². The molecule has 0 unspecified atom stereocenters.